The Balaban J connectivity index is 1.69. The third-order valence-corrected chi connectivity index (χ3v) is 4.08. The van der Waals surface area contributed by atoms with Gasteiger partial charge in [-0.1, -0.05) is 29.8 Å². The Hall–Kier alpha value is -2.40. The summed E-state index contributed by atoms with van der Waals surface area (Å²) < 4.78 is 5.09. The SMILES string of the molecule is C[C@@H]1Cc2ccccc2N1C(=O)COC(=O)c1cccnc1Cl. The molecule has 1 aliphatic heterocycles. The van der Waals surface area contributed by atoms with Gasteiger partial charge in [-0.25, -0.2) is 9.78 Å². The van der Waals surface area contributed by atoms with E-state index in [-0.39, 0.29) is 29.3 Å². The van der Waals surface area contributed by atoms with Gasteiger partial charge in [0.1, 0.15) is 5.15 Å². The number of carbonyl (C=O) groups is 2. The molecule has 1 aliphatic rings. The molecule has 0 aliphatic carbocycles. The van der Waals surface area contributed by atoms with Gasteiger partial charge < -0.3 is 9.64 Å². The second-order valence-corrected chi connectivity index (χ2v) is 5.72. The molecule has 2 aromatic rings. The number of ether oxygens (including phenoxy) is 1. The van der Waals surface area contributed by atoms with Crippen LogP contribution in [0.15, 0.2) is 42.6 Å². The van der Waals surface area contributed by atoms with Crippen molar-refractivity contribution < 1.29 is 14.3 Å². The maximum Gasteiger partial charge on any atom is 0.341 e. The van der Waals surface area contributed by atoms with Gasteiger partial charge in [0.2, 0.25) is 0 Å². The number of rotatable bonds is 3. The van der Waals surface area contributed by atoms with Gasteiger partial charge in [0.05, 0.1) is 5.56 Å². The zero-order chi connectivity index (χ0) is 16.4. The average Bonchev–Trinajstić information content (AvgIpc) is 2.88. The second-order valence-electron chi connectivity index (χ2n) is 5.36. The Labute approximate surface area is 138 Å². The average molecular weight is 331 g/mol. The number of fused-ring (bicyclic) bond motifs is 1. The maximum absolute atomic E-state index is 12.4. The summed E-state index contributed by atoms with van der Waals surface area (Å²) in [6.07, 6.45) is 2.28. The number of pyridine rings is 1. The monoisotopic (exact) mass is 330 g/mol. The van der Waals surface area contributed by atoms with E-state index < -0.39 is 5.97 Å². The number of esters is 1. The number of para-hydroxylation sites is 1. The van der Waals surface area contributed by atoms with E-state index in [1.807, 2.05) is 31.2 Å². The predicted octanol–water partition coefficient (Wildman–Crippen LogP) is 2.87. The van der Waals surface area contributed by atoms with E-state index in [4.69, 9.17) is 16.3 Å². The van der Waals surface area contributed by atoms with E-state index >= 15 is 0 Å². The predicted molar refractivity (Wildman–Crippen MR) is 86.6 cm³/mol. The van der Waals surface area contributed by atoms with Crippen LogP contribution in [-0.4, -0.2) is 29.5 Å². The lowest BCUT2D eigenvalue weighted by Crippen LogP contribution is -2.38. The van der Waals surface area contributed by atoms with E-state index in [2.05, 4.69) is 4.98 Å². The largest absolute Gasteiger partial charge is 0.452 e. The van der Waals surface area contributed by atoms with Crippen LogP contribution in [0.4, 0.5) is 5.69 Å². The normalized spacial score (nSPS) is 16.1. The van der Waals surface area contributed by atoms with Crippen LogP contribution in [0.2, 0.25) is 5.15 Å². The standard InChI is InChI=1S/C17H15ClN2O3/c1-11-9-12-5-2-3-7-14(12)20(11)15(21)10-23-17(22)13-6-4-8-19-16(13)18/h2-8,11H,9-10H2,1H3/t11-/m1/s1. The highest BCUT2D eigenvalue weighted by molar-refractivity contribution is 6.32. The fraction of sp³-hybridized carbons (Fsp3) is 0.235. The quantitative estimate of drug-likeness (QED) is 0.641. The summed E-state index contributed by atoms with van der Waals surface area (Å²) >= 11 is 5.84. The molecule has 1 aromatic carbocycles. The molecule has 5 nitrogen and oxygen atoms in total. The Bertz CT molecular complexity index is 763. The Kier molecular flexibility index (Phi) is 4.30. The van der Waals surface area contributed by atoms with Crippen LogP contribution in [0.25, 0.3) is 0 Å². The molecule has 2 heterocycles. The molecule has 0 saturated heterocycles. The molecule has 6 heteroatoms. The van der Waals surface area contributed by atoms with Crippen LogP contribution < -0.4 is 4.90 Å². The number of benzene rings is 1. The van der Waals surface area contributed by atoms with Crippen molar-refractivity contribution in [1.29, 1.82) is 0 Å². The molecule has 1 atom stereocenters. The lowest BCUT2D eigenvalue weighted by atomic mass is 10.1. The van der Waals surface area contributed by atoms with Crippen molar-refractivity contribution in [3.63, 3.8) is 0 Å². The molecular weight excluding hydrogens is 316 g/mol. The molecule has 1 amide bonds. The zero-order valence-corrected chi connectivity index (χ0v) is 13.3. The number of hydrogen-bond acceptors (Lipinski definition) is 4. The van der Waals surface area contributed by atoms with Gasteiger partial charge >= 0.3 is 5.97 Å². The van der Waals surface area contributed by atoms with Crippen LogP contribution in [0.5, 0.6) is 0 Å². The molecular formula is C17H15ClN2O3. The summed E-state index contributed by atoms with van der Waals surface area (Å²) in [7, 11) is 0. The van der Waals surface area contributed by atoms with Crippen molar-refractivity contribution in [2.24, 2.45) is 0 Å². The van der Waals surface area contributed by atoms with E-state index in [0.717, 1.165) is 17.7 Å². The van der Waals surface area contributed by atoms with E-state index in [9.17, 15) is 9.59 Å². The van der Waals surface area contributed by atoms with Crippen molar-refractivity contribution in [2.75, 3.05) is 11.5 Å². The molecule has 0 fully saturated rings. The number of aromatic nitrogens is 1. The minimum absolute atomic E-state index is 0.0422. The van der Waals surface area contributed by atoms with E-state index in [1.54, 1.807) is 11.0 Å². The van der Waals surface area contributed by atoms with E-state index in [0.29, 0.717) is 0 Å². The van der Waals surface area contributed by atoms with Gasteiger partial charge in [-0.15, -0.1) is 0 Å². The minimum atomic E-state index is -0.656. The Morgan fingerprint density at radius 1 is 1.30 bits per heavy atom. The number of amides is 1. The van der Waals surface area contributed by atoms with Gasteiger partial charge in [-0.3, -0.25) is 4.79 Å². The van der Waals surface area contributed by atoms with Crippen molar-refractivity contribution in [2.45, 2.75) is 19.4 Å². The maximum atomic E-state index is 12.4. The van der Waals surface area contributed by atoms with Crippen molar-refractivity contribution >= 4 is 29.2 Å². The Morgan fingerprint density at radius 2 is 2.09 bits per heavy atom. The van der Waals surface area contributed by atoms with E-state index in [1.165, 1.54) is 12.3 Å². The first-order valence-electron chi connectivity index (χ1n) is 7.25. The number of halogens is 1. The Morgan fingerprint density at radius 3 is 2.87 bits per heavy atom. The van der Waals surface area contributed by atoms with Crippen molar-refractivity contribution in [3.8, 4) is 0 Å². The van der Waals surface area contributed by atoms with Gasteiger partial charge in [0.15, 0.2) is 6.61 Å². The van der Waals surface area contributed by atoms with Crippen LogP contribution in [0.1, 0.15) is 22.8 Å². The lowest BCUT2D eigenvalue weighted by Gasteiger charge is -2.22. The van der Waals surface area contributed by atoms with Gasteiger partial charge in [-0.2, -0.15) is 0 Å². The summed E-state index contributed by atoms with van der Waals surface area (Å²) in [5.41, 5.74) is 2.15. The smallest absolute Gasteiger partial charge is 0.341 e. The lowest BCUT2D eigenvalue weighted by molar-refractivity contribution is -0.122. The first-order valence-corrected chi connectivity index (χ1v) is 7.63. The summed E-state index contributed by atoms with van der Waals surface area (Å²) in [4.78, 5) is 29.9. The third-order valence-electron chi connectivity index (χ3n) is 3.78. The van der Waals surface area contributed by atoms with Crippen LogP contribution in [-0.2, 0) is 16.0 Å². The summed E-state index contributed by atoms with van der Waals surface area (Å²) in [5.74, 6) is -0.910. The summed E-state index contributed by atoms with van der Waals surface area (Å²) in [6.45, 7) is 1.64. The molecule has 118 valence electrons. The fourth-order valence-electron chi connectivity index (χ4n) is 2.76. The van der Waals surface area contributed by atoms with Crippen molar-refractivity contribution in [3.05, 3.63) is 58.9 Å². The first kappa shape index (κ1) is 15.5. The molecule has 0 saturated carbocycles. The molecule has 3 rings (SSSR count). The fourth-order valence-corrected chi connectivity index (χ4v) is 2.95. The minimum Gasteiger partial charge on any atom is -0.452 e. The molecule has 1 aromatic heterocycles. The zero-order valence-electron chi connectivity index (χ0n) is 12.5. The third kappa shape index (κ3) is 3.05. The van der Waals surface area contributed by atoms with Gasteiger partial charge in [0.25, 0.3) is 5.91 Å². The molecule has 0 bridgehead atoms. The molecule has 0 unspecified atom stereocenters. The van der Waals surface area contributed by atoms with Crippen molar-refractivity contribution in [1.82, 2.24) is 4.98 Å². The molecule has 23 heavy (non-hydrogen) atoms. The molecule has 0 radical (unpaired) electrons. The van der Waals surface area contributed by atoms with Crippen LogP contribution >= 0.6 is 11.6 Å². The van der Waals surface area contributed by atoms with Gasteiger partial charge in [-0.05, 0) is 37.1 Å². The topological polar surface area (TPSA) is 59.5 Å². The molecule has 0 N–H and O–H groups in total. The van der Waals surface area contributed by atoms with Crippen LogP contribution in [0, 0.1) is 0 Å². The number of anilines is 1. The highest BCUT2D eigenvalue weighted by Crippen LogP contribution is 2.31. The number of hydrogen-bond donors (Lipinski definition) is 0. The number of carbonyl (C=O) groups excluding carboxylic acids is 2. The summed E-state index contributed by atoms with van der Waals surface area (Å²) in [6, 6.07) is 10.9. The van der Waals surface area contributed by atoms with Crippen LogP contribution in [0.3, 0.4) is 0 Å². The highest BCUT2D eigenvalue weighted by Gasteiger charge is 2.31. The summed E-state index contributed by atoms with van der Waals surface area (Å²) in [5, 5.41) is 0.0600. The first-order chi connectivity index (χ1) is 11.1. The van der Waals surface area contributed by atoms with Gasteiger partial charge in [0, 0.05) is 17.9 Å². The number of nitrogens with zero attached hydrogens (tertiary/aromatic N) is 2. The highest BCUT2D eigenvalue weighted by atomic mass is 35.5. The molecule has 0 spiro atoms. The second kappa shape index (κ2) is 6.38.